The molecule has 0 aromatic carbocycles. The van der Waals surface area contributed by atoms with E-state index in [2.05, 4.69) is 24.3 Å². The highest BCUT2D eigenvalue weighted by Gasteiger charge is 2.28. The molecule has 2 aliphatic heterocycles. The molecule has 0 bridgehead atoms. The first-order valence-electron chi connectivity index (χ1n) is 3.56. The van der Waals surface area contributed by atoms with Gasteiger partial charge in [-0.3, -0.25) is 0 Å². The molecular formula is C8H12ClN. The van der Waals surface area contributed by atoms with Gasteiger partial charge in [-0.1, -0.05) is 0 Å². The van der Waals surface area contributed by atoms with Crippen molar-refractivity contribution in [2.24, 2.45) is 0 Å². The summed E-state index contributed by atoms with van der Waals surface area (Å²) in [6.45, 7) is 5.03. The molecule has 0 N–H and O–H groups in total. The Bertz CT molecular complexity index is 133. The fourth-order valence-corrected chi connectivity index (χ4v) is 1.64. The molecule has 2 heteroatoms. The largest absolute Gasteiger partial charge is 1.00 e. The molecule has 0 saturated heterocycles. The number of quaternary nitrogens is 1. The second kappa shape index (κ2) is 2.77. The summed E-state index contributed by atoms with van der Waals surface area (Å²) in [5, 5.41) is 0. The summed E-state index contributed by atoms with van der Waals surface area (Å²) < 4.78 is 1.28. The summed E-state index contributed by atoms with van der Waals surface area (Å²) in [6, 6.07) is 0. The van der Waals surface area contributed by atoms with Crippen LogP contribution in [0.25, 0.3) is 0 Å². The van der Waals surface area contributed by atoms with Crippen molar-refractivity contribution in [1.82, 2.24) is 0 Å². The van der Waals surface area contributed by atoms with Gasteiger partial charge in [-0.05, 0) is 24.3 Å². The van der Waals surface area contributed by atoms with E-state index in [-0.39, 0.29) is 12.4 Å². The van der Waals surface area contributed by atoms with Crippen molar-refractivity contribution in [2.45, 2.75) is 0 Å². The molecule has 2 heterocycles. The van der Waals surface area contributed by atoms with Crippen LogP contribution in [0.4, 0.5) is 0 Å². The van der Waals surface area contributed by atoms with E-state index in [1.807, 2.05) is 0 Å². The first-order valence-corrected chi connectivity index (χ1v) is 3.56. The molecule has 56 valence electrons. The third kappa shape index (κ3) is 1.11. The topological polar surface area (TPSA) is 0 Å². The molecule has 0 atom stereocenters. The highest BCUT2D eigenvalue weighted by atomic mass is 35.5. The van der Waals surface area contributed by atoms with Crippen LogP contribution >= 0.6 is 0 Å². The van der Waals surface area contributed by atoms with Gasteiger partial charge in [0.2, 0.25) is 0 Å². The van der Waals surface area contributed by atoms with Crippen LogP contribution in [-0.2, 0) is 0 Å². The summed E-state index contributed by atoms with van der Waals surface area (Å²) >= 11 is 0. The molecule has 0 aromatic heterocycles. The molecule has 0 aromatic rings. The quantitative estimate of drug-likeness (QED) is 0.281. The van der Waals surface area contributed by atoms with Crippen LogP contribution in [0.5, 0.6) is 0 Å². The van der Waals surface area contributed by atoms with Crippen molar-refractivity contribution < 1.29 is 16.9 Å². The minimum absolute atomic E-state index is 0. The lowest BCUT2D eigenvalue weighted by atomic mass is 10.4. The monoisotopic (exact) mass is 157 g/mol. The lowest BCUT2D eigenvalue weighted by Gasteiger charge is -2.27. The molecule has 0 unspecified atom stereocenters. The summed E-state index contributed by atoms with van der Waals surface area (Å²) in [6.07, 6.45) is 9.19. The van der Waals surface area contributed by atoms with Crippen molar-refractivity contribution in [3.8, 4) is 0 Å². The molecule has 1 nitrogen and oxygen atoms in total. The van der Waals surface area contributed by atoms with Crippen LogP contribution in [0, 0.1) is 0 Å². The molecule has 0 fully saturated rings. The normalized spacial score (nSPS) is 25.6. The van der Waals surface area contributed by atoms with Crippen molar-refractivity contribution >= 4 is 0 Å². The van der Waals surface area contributed by atoms with Crippen LogP contribution < -0.4 is 12.4 Å². The molecule has 1 spiro atoms. The Balaban J connectivity index is 0.000000500. The van der Waals surface area contributed by atoms with Gasteiger partial charge in [0.05, 0.1) is 26.2 Å². The number of rotatable bonds is 0. The summed E-state index contributed by atoms with van der Waals surface area (Å²) in [4.78, 5) is 0. The smallest absolute Gasteiger partial charge is 0.0983 e. The number of hydrogen-bond acceptors (Lipinski definition) is 0. The van der Waals surface area contributed by atoms with E-state index in [1.54, 1.807) is 0 Å². The van der Waals surface area contributed by atoms with Gasteiger partial charge in [-0.2, -0.15) is 0 Å². The van der Waals surface area contributed by atoms with Crippen molar-refractivity contribution in [3.63, 3.8) is 0 Å². The van der Waals surface area contributed by atoms with E-state index < -0.39 is 0 Å². The fourth-order valence-electron chi connectivity index (χ4n) is 1.64. The molecule has 0 saturated carbocycles. The lowest BCUT2D eigenvalue weighted by Crippen LogP contribution is -3.00. The Morgan fingerprint density at radius 1 is 0.700 bits per heavy atom. The Morgan fingerprint density at radius 3 is 1.30 bits per heavy atom. The minimum atomic E-state index is 0. The maximum Gasteiger partial charge on any atom is 0.0983 e. The molecule has 2 rings (SSSR count). The zero-order chi connectivity index (χ0) is 6.16. The molecule has 0 radical (unpaired) electrons. The van der Waals surface area contributed by atoms with Gasteiger partial charge in [-0.15, -0.1) is 0 Å². The van der Waals surface area contributed by atoms with E-state index in [0.29, 0.717) is 0 Å². The van der Waals surface area contributed by atoms with Crippen LogP contribution in [-0.4, -0.2) is 30.7 Å². The Kier molecular flexibility index (Phi) is 2.17. The van der Waals surface area contributed by atoms with E-state index in [4.69, 9.17) is 0 Å². The summed E-state index contributed by atoms with van der Waals surface area (Å²) in [5.41, 5.74) is 0. The van der Waals surface area contributed by atoms with Gasteiger partial charge < -0.3 is 16.9 Å². The molecule has 10 heavy (non-hydrogen) atoms. The fraction of sp³-hybridized carbons (Fsp3) is 0.500. The van der Waals surface area contributed by atoms with Gasteiger partial charge in [0, 0.05) is 0 Å². The SMILES string of the molecule is C1=CC[N+]2(C1)CC=CC2.[Cl-]. The second-order valence-electron chi connectivity index (χ2n) is 3.01. The predicted octanol–water partition coefficient (Wildman–Crippen LogP) is -2.05. The van der Waals surface area contributed by atoms with E-state index in [1.165, 1.54) is 30.7 Å². The average Bonchev–Trinajstić information content (AvgIpc) is 2.45. The Morgan fingerprint density at radius 2 is 1.00 bits per heavy atom. The van der Waals surface area contributed by atoms with Crippen molar-refractivity contribution in [2.75, 3.05) is 26.2 Å². The maximum absolute atomic E-state index is 2.30. The Hall–Kier alpha value is -0.270. The van der Waals surface area contributed by atoms with E-state index in [9.17, 15) is 0 Å². The molecular weight excluding hydrogens is 146 g/mol. The van der Waals surface area contributed by atoms with Gasteiger partial charge in [-0.25, -0.2) is 0 Å². The van der Waals surface area contributed by atoms with Crippen molar-refractivity contribution in [1.29, 1.82) is 0 Å². The predicted molar refractivity (Wildman–Crippen MR) is 38.0 cm³/mol. The van der Waals surface area contributed by atoms with Crippen LogP contribution in [0.3, 0.4) is 0 Å². The average molecular weight is 158 g/mol. The zero-order valence-corrected chi connectivity index (χ0v) is 6.72. The van der Waals surface area contributed by atoms with Gasteiger partial charge in [0.25, 0.3) is 0 Å². The summed E-state index contributed by atoms with van der Waals surface area (Å²) in [5.74, 6) is 0. The minimum Gasteiger partial charge on any atom is -1.00 e. The maximum atomic E-state index is 2.30. The van der Waals surface area contributed by atoms with E-state index >= 15 is 0 Å². The lowest BCUT2D eigenvalue weighted by molar-refractivity contribution is -0.897. The standard InChI is InChI=1S/C8H12N.ClH/c1-2-6-9(5-1)7-3-4-8-9;/h1-4H,5-8H2;1H/q+1;/p-1. The van der Waals surface area contributed by atoms with Crippen LogP contribution in [0.2, 0.25) is 0 Å². The third-order valence-corrected chi connectivity index (χ3v) is 2.30. The number of hydrogen-bond donors (Lipinski definition) is 0. The first-order chi connectivity index (χ1) is 4.41. The van der Waals surface area contributed by atoms with Crippen LogP contribution in [0.15, 0.2) is 24.3 Å². The zero-order valence-electron chi connectivity index (χ0n) is 5.96. The third-order valence-electron chi connectivity index (χ3n) is 2.30. The summed E-state index contributed by atoms with van der Waals surface area (Å²) in [7, 11) is 0. The molecule has 0 aliphatic carbocycles. The Labute approximate surface area is 68.0 Å². The number of halogens is 1. The second-order valence-corrected chi connectivity index (χ2v) is 3.01. The first kappa shape index (κ1) is 7.83. The molecule has 0 amide bonds. The highest BCUT2D eigenvalue weighted by molar-refractivity contribution is 4.96. The van der Waals surface area contributed by atoms with Crippen LogP contribution in [0.1, 0.15) is 0 Å². The highest BCUT2D eigenvalue weighted by Crippen LogP contribution is 2.17. The van der Waals surface area contributed by atoms with Crippen molar-refractivity contribution in [3.05, 3.63) is 24.3 Å². The van der Waals surface area contributed by atoms with Gasteiger partial charge in [0.15, 0.2) is 0 Å². The van der Waals surface area contributed by atoms with Gasteiger partial charge in [0.1, 0.15) is 0 Å². The van der Waals surface area contributed by atoms with E-state index in [0.717, 1.165) is 0 Å². The molecule has 2 aliphatic rings. The number of nitrogens with zero attached hydrogens (tertiary/aromatic N) is 1. The van der Waals surface area contributed by atoms with Gasteiger partial charge >= 0.3 is 0 Å².